The monoisotopic (exact) mass is 480 g/mol. The van der Waals surface area contributed by atoms with Crippen molar-refractivity contribution in [2.45, 2.75) is 20.8 Å². The molecule has 0 aromatic heterocycles. The molecule has 0 atom stereocenters. The van der Waals surface area contributed by atoms with Crippen molar-refractivity contribution in [1.29, 1.82) is 0 Å². The Labute approximate surface area is 203 Å². The molecule has 0 spiro atoms. The molecule has 9 heteroatoms. The summed E-state index contributed by atoms with van der Waals surface area (Å²) in [5, 5.41) is 2.22. The lowest BCUT2D eigenvalue weighted by molar-refractivity contribution is -0.122. The molecular weight excluding hydrogens is 452 g/mol. The van der Waals surface area contributed by atoms with Crippen molar-refractivity contribution in [3.05, 3.63) is 60.2 Å². The van der Waals surface area contributed by atoms with Gasteiger partial charge >= 0.3 is 6.03 Å². The molecule has 4 amide bonds. The number of urea groups is 1. The zero-order valence-corrected chi connectivity index (χ0v) is 20.0. The van der Waals surface area contributed by atoms with Crippen LogP contribution in [0, 0.1) is 0 Å². The molecule has 9 nitrogen and oxygen atoms in total. The summed E-state index contributed by atoms with van der Waals surface area (Å²) >= 11 is 0. The van der Waals surface area contributed by atoms with E-state index in [1.165, 1.54) is 12.1 Å². The van der Waals surface area contributed by atoms with Gasteiger partial charge in [-0.05, 0) is 56.7 Å². The van der Waals surface area contributed by atoms with E-state index in [0.717, 1.165) is 4.90 Å². The van der Waals surface area contributed by atoms with E-state index in [1.54, 1.807) is 43.3 Å². The second-order valence-electron chi connectivity index (χ2n) is 7.19. The molecule has 35 heavy (non-hydrogen) atoms. The van der Waals surface area contributed by atoms with Crippen molar-refractivity contribution >= 4 is 29.6 Å². The molecule has 2 aromatic rings. The zero-order valence-electron chi connectivity index (χ0n) is 20.0. The van der Waals surface area contributed by atoms with Gasteiger partial charge in [-0.1, -0.05) is 18.7 Å². The third-order valence-electron chi connectivity index (χ3n) is 4.82. The van der Waals surface area contributed by atoms with Crippen LogP contribution in [-0.2, 0) is 9.59 Å². The van der Waals surface area contributed by atoms with Crippen molar-refractivity contribution < 1.29 is 33.3 Å². The van der Waals surface area contributed by atoms with Gasteiger partial charge in [0, 0.05) is 6.07 Å². The fraction of sp³-hybridized carbons (Fsp3) is 0.269. The normalized spacial score (nSPS) is 14.5. The number of barbiturate groups is 1. The highest BCUT2D eigenvalue weighted by Gasteiger charge is 2.38. The Bertz CT molecular complexity index is 1160. The molecule has 1 heterocycles. The minimum atomic E-state index is -0.880. The van der Waals surface area contributed by atoms with Crippen LogP contribution in [0.5, 0.6) is 23.0 Å². The molecule has 1 fully saturated rings. The fourth-order valence-corrected chi connectivity index (χ4v) is 3.40. The topological polar surface area (TPSA) is 103 Å². The second-order valence-corrected chi connectivity index (χ2v) is 7.19. The molecule has 0 radical (unpaired) electrons. The molecular formula is C26H28N2O7. The van der Waals surface area contributed by atoms with Crippen molar-refractivity contribution in [2.24, 2.45) is 0 Å². The average Bonchev–Trinajstić information content (AvgIpc) is 2.83. The number of benzene rings is 2. The third kappa shape index (κ3) is 5.81. The van der Waals surface area contributed by atoms with E-state index in [1.807, 2.05) is 13.8 Å². The van der Waals surface area contributed by atoms with E-state index in [0.29, 0.717) is 55.0 Å². The van der Waals surface area contributed by atoms with E-state index < -0.39 is 17.8 Å². The van der Waals surface area contributed by atoms with Crippen LogP contribution in [0.1, 0.15) is 26.3 Å². The quantitative estimate of drug-likeness (QED) is 0.293. The van der Waals surface area contributed by atoms with Gasteiger partial charge in [0.2, 0.25) is 0 Å². The van der Waals surface area contributed by atoms with Gasteiger partial charge in [-0.3, -0.25) is 14.9 Å². The van der Waals surface area contributed by atoms with Gasteiger partial charge in [0.15, 0.2) is 11.5 Å². The number of carbonyl (C=O) groups is 3. The van der Waals surface area contributed by atoms with Gasteiger partial charge in [0.25, 0.3) is 11.8 Å². The summed E-state index contributed by atoms with van der Waals surface area (Å²) in [4.78, 5) is 39.6. The molecule has 0 saturated carbocycles. The number of rotatable bonds is 11. The van der Waals surface area contributed by atoms with E-state index in [2.05, 4.69) is 11.9 Å². The minimum Gasteiger partial charge on any atom is -0.494 e. The first-order valence-electron chi connectivity index (χ1n) is 11.2. The summed E-state index contributed by atoms with van der Waals surface area (Å²) in [6.45, 7) is 10.5. The number of hydrogen-bond acceptors (Lipinski definition) is 7. The van der Waals surface area contributed by atoms with Gasteiger partial charge < -0.3 is 18.9 Å². The minimum absolute atomic E-state index is 0.168. The van der Waals surface area contributed by atoms with Gasteiger partial charge in [-0.2, -0.15) is 0 Å². The number of anilines is 1. The van der Waals surface area contributed by atoms with Crippen LogP contribution < -0.4 is 29.2 Å². The molecule has 1 aliphatic heterocycles. The standard InChI is InChI=1S/C26H28N2O7/c1-5-13-35-22-11-9-17(15-23(22)34-8-4)14-19-24(29)27-26(31)28(25(19)30)20-16-18(32-6-2)10-12-21(20)33-7-3/h5,9-12,14-16H,1,6-8,13H2,2-4H3,(H,27,29,31)/b19-14+. The number of imide groups is 2. The second kappa shape index (κ2) is 11.7. The predicted octanol–water partition coefficient (Wildman–Crippen LogP) is 4.11. The zero-order chi connectivity index (χ0) is 25.4. The Hall–Kier alpha value is -4.27. The SMILES string of the molecule is C=CCOc1ccc(/C=C2\C(=O)NC(=O)N(c3cc(OCC)ccc3OCC)C2=O)cc1OCC. The summed E-state index contributed by atoms with van der Waals surface area (Å²) in [5.41, 5.74) is 0.457. The first-order chi connectivity index (χ1) is 16.9. The Balaban J connectivity index is 2.03. The van der Waals surface area contributed by atoms with Crippen LogP contribution in [0.15, 0.2) is 54.6 Å². The summed E-state index contributed by atoms with van der Waals surface area (Å²) in [6, 6.07) is 8.94. The highest BCUT2D eigenvalue weighted by atomic mass is 16.5. The Morgan fingerprint density at radius 1 is 0.857 bits per heavy atom. The van der Waals surface area contributed by atoms with Gasteiger partial charge in [0.1, 0.15) is 23.7 Å². The number of carbonyl (C=O) groups excluding carboxylic acids is 3. The smallest absolute Gasteiger partial charge is 0.336 e. The lowest BCUT2D eigenvalue weighted by atomic mass is 10.1. The molecule has 1 N–H and O–H groups in total. The average molecular weight is 481 g/mol. The number of nitrogens with zero attached hydrogens (tertiary/aromatic N) is 1. The molecule has 1 saturated heterocycles. The molecule has 0 aliphatic carbocycles. The first kappa shape index (κ1) is 25.4. The maximum Gasteiger partial charge on any atom is 0.336 e. The molecule has 184 valence electrons. The van der Waals surface area contributed by atoms with E-state index in [4.69, 9.17) is 18.9 Å². The van der Waals surface area contributed by atoms with Gasteiger partial charge in [0.05, 0.1) is 25.5 Å². The summed E-state index contributed by atoms with van der Waals surface area (Å²) < 4.78 is 22.4. The largest absolute Gasteiger partial charge is 0.494 e. The number of ether oxygens (including phenoxy) is 4. The van der Waals surface area contributed by atoms with Crippen LogP contribution in [0.25, 0.3) is 6.08 Å². The molecule has 0 unspecified atom stereocenters. The van der Waals surface area contributed by atoms with E-state index in [-0.39, 0.29) is 11.3 Å². The Kier molecular flexibility index (Phi) is 8.50. The maximum atomic E-state index is 13.4. The maximum absolute atomic E-state index is 13.4. The molecule has 0 bridgehead atoms. The lowest BCUT2D eigenvalue weighted by Gasteiger charge is -2.28. The highest BCUT2D eigenvalue weighted by Crippen LogP contribution is 2.35. The third-order valence-corrected chi connectivity index (χ3v) is 4.82. The first-order valence-corrected chi connectivity index (χ1v) is 11.2. The van der Waals surface area contributed by atoms with Crippen molar-refractivity contribution in [1.82, 2.24) is 5.32 Å². The lowest BCUT2D eigenvalue weighted by Crippen LogP contribution is -2.54. The Morgan fingerprint density at radius 2 is 1.54 bits per heavy atom. The highest BCUT2D eigenvalue weighted by molar-refractivity contribution is 6.39. The Morgan fingerprint density at radius 3 is 2.23 bits per heavy atom. The van der Waals surface area contributed by atoms with Crippen LogP contribution in [-0.4, -0.2) is 44.3 Å². The number of hydrogen-bond donors (Lipinski definition) is 1. The fourth-order valence-electron chi connectivity index (χ4n) is 3.40. The summed E-state index contributed by atoms with van der Waals surface area (Å²) in [5.74, 6) is 0.0990. The van der Waals surface area contributed by atoms with Crippen molar-refractivity contribution in [3.8, 4) is 23.0 Å². The van der Waals surface area contributed by atoms with E-state index in [9.17, 15) is 14.4 Å². The van der Waals surface area contributed by atoms with Gasteiger partial charge in [-0.15, -0.1) is 0 Å². The summed E-state index contributed by atoms with van der Waals surface area (Å²) in [6.07, 6.45) is 3.00. The van der Waals surface area contributed by atoms with Crippen LogP contribution in [0.4, 0.5) is 10.5 Å². The van der Waals surface area contributed by atoms with Crippen molar-refractivity contribution in [2.75, 3.05) is 31.3 Å². The van der Waals surface area contributed by atoms with Crippen LogP contribution in [0.3, 0.4) is 0 Å². The summed E-state index contributed by atoms with van der Waals surface area (Å²) in [7, 11) is 0. The van der Waals surface area contributed by atoms with E-state index >= 15 is 0 Å². The molecule has 3 rings (SSSR count). The number of amides is 4. The number of nitrogens with one attached hydrogen (secondary N) is 1. The predicted molar refractivity (Wildman–Crippen MR) is 131 cm³/mol. The van der Waals surface area contributed by atoms with Gasteiger partial charge in [-0.25, -0.2) is 9.69 Å². The molecule has 2 aromatic carbocycles. The molecule has 1 aliphatic rings. The van der Waals surface area contributed by atoms with Crippen molar-refractivity contribution in [3.63, 3.8) is 0 Å². The van der Waals surface area contributed by atoms with Crippen LogP contribution in [0.2, 0.25) is 0 Å². The van der Waals surface area contributed by atoms with Crippen LogP contribution >= 0.6 is 0 Å².